The molecule has 3 amide bonds. The number of carbonyl (C=O) groups excluding carboxylic acids is 3. The predicted octanol–water partition coefficient (Wildman–Crippen LogP) is 3.50. The Morgan fingerprint density at radius 1 is 1.02 bits per heavy atom. The molecule has 17 heteroatoms. The third-order valence-corrected chi connectivity index (χ3v) is 8.59. The van der Waals surface area contributed by atoms with Gasteiger partial charge in [-0.05, 0) is 48.3 Å². The van der Waals surface area contributed by atoms with Crippen LogP contribution in [0.5, 0.6) is 0 Å². The van der Waals surface area contributed by atoms with E-state index in [0.717, 1.165) is 0 Å². The minimum absolute atomic E-state index is 0.00713. The van der Waals surface area contributed by atoms with Crippen molar-refractivity contribution in [2.75, 3.05) is 36.9 Å². The first kappa shape index (κ1) is 33.2. The monoisotopic (exact) mass is 759 g/mol. The number of nitro benzene ring substituents is 1. The maximum Gasteiger partial charge on any atom is 0.294 e. The molecule has 242 valence electrons. The molecule has 3 N–H and O–H groups in total. The number of nitrogens with zero attached hydrogens (tertiary/aromatic N) is 7. The van der Waals surface area contributed by atoms with E-state index in [0.29, 0.717) is 33.7 Å². The molecule has 1 aromatic carbocycles. The summed E-state index contributed by atoms with van der Waals surface area (Å²) in [5.41, 5.74) is 6.19. The average molecular weight is 761 g/mol. The summed E-state index contributed by atoms with van der Waals surface area (Å²) in [6, 6.07) is 2.76. The number of morpholine rings is 1. The fraction of sp³-hybridized carbons (Fsp3) is 0.379. The van der Waals surface area contributed by atoms with E-state index >= 15 is 0 Å². The number of rotatable bonds is 8. The number of halogens is 2. The van der Waals surface area contributed by atoms with Crippen LogP contribution < -0.4 is 16.0 Å². The number of anilines is 3. The van der Waals surface area contributed by atoms with E-state index in [4.69, 9.17) is 10.5 Å². The Morgan fingerprint density at radius 3 is 2.33 bits per heavy atom. The molecule has 0 aliphatic carbocycles. The van der Waals surface area contributed by atoms with E-state index < -0.39 is 34.7 Å². The van der Waals surface area contributed by atoms with Gasteiger partial charge in [-0.3, -0.25) is 29.5 Å². The van der Waals surface area contributed by atoms with Gasteiger partial charge in [-0.2, -0.15) is 0 Å². The third kappa shape index (κ3) is 7.10. The summed E-state index contributed by atoms with van der Waals surface area (Å²) in [6.07, 6.45) is 5.73. The highest BCUT2D eigenvalue weighted by molar-refractivity contribution is 9.10. The van der Waals surface area contributed by atoms with E-state index in [-0.39, 0.29) is 47.7 Å². The van der Waals surface area contributed by atoms with Crippen molar-refractivity contribution in [1.29, 1.82) is 0 Å². The number of nitro groups is 1. The molecule has 3 aromatic rings. The van der Waals surface area contributed by atoms with Gasteiger partial charge in [-0.15, -0.1) is 0 Å². The van der Waals surface area contributed by atoms with Crippen LogP contribution in [0.3, 0.4) is 0 Å². The minimum atomic E-state index is -1.02. The molecule has 4 heterocycles. The van der Waals surface area contributed by atoms with Crippen molar-refractivity contribution in [2.45, 2.75) is 44.6 Å². The molecule has 0 saturated carbocycles. The number of aromatic nitrogens is 3. The number of likely N-dealkylation sites (tertiary alicyclic amines) is 1. The third-order valence-electron chi connectivity index (χ3n) is 7.72. The second-order valence-corrected chi connectivity index (χ2v) is 13.0. The van der Waals surface area contributed by atoms with Gasteiger partial charge in [0.15, 0.2) is 0 Å². The molecule has 4 atom stereocenters. The largest absolute Gasteiger partial charge is 0.374 e. The van der Waals surface area contributed by atoms with Gasteiger partial charge >= 0.3 is 0 Å². The highest BCUT2D eigenvalue weighted by atomic mass is 79.9. The van der Waals surface area contributed by atoms with Crippen molar-refractivity contribution in [1.82, 2.24) is 24.8 Å². The Hall–Kier alpha value is -4.22. The zero-order valence-electron chi connectivity index (χ0n) is 25.1. The van der Waals surface area contributed by atoms with Gasteiger partial charge in [0, 0.05) is 61.9 Å². The summed E-state index contributed by atoms with van der Waals surface area (Å²) in [5, 5.41) is 15.3. The average Bonchev–Trinajstić information content (AvgIpc) is 3.44. The number of hydrogen-bond acceptors (Lipinski definition) is 11. The summed E-state index contributed by atoms with van der Waals surface area (Å²) in [6.45, 7) is 4.31. The Bertz CT molecular complexity index is 1670. The molecular weight excluding hydrogens is 730 g/mol. The number of ether oxygens (including phenoxy) is 1. The first-order valence-corrected chi connectivity index (χ1v) is 15.9. The molecular formula is C29H31Br2N9O6. The Balaban J connectivity index is 1.42. The molecule has 4 unspecified atom stereocenters. The Kier molecular flexibility index (Phi) is 9.83. The van der Waals surface area contributed by atoms with E-state index in [1.807, 2.05) is 13.8 Å². The maximum absolute atomic E-state index is 13.8. The topological polar surface area (TPSA) is 190 Å². The van der Waals surface area contributed by atoms with Gasteiger partial charge in [-0.1, -0.05) is 15.9 Å². The van der Waals surface area contributed by atoms with Gasteiger partial charge in [0.05, 0.1) is 44.6 Å². The molecule has 15 nitrogen and oxygen atoms in total. The summed E-state index contributed by atoms with van der Waals surface area (Å²) >= 11 is 6.60. The van der Waals surface area contributed by atoms with Crippen LogP contribution in [-0.4, -0.2) is 98.4 Å². The number of hydrogen-bond donors (Lipinski definition) is 2. The molecule has 2 aromatic heterocycles. The van der Waals surface area contributed by atoms with Gasteiger partial charge in [0.25, 0.3) is 17.5 Å². The van der Waals surface area contributed by atoms with Crippen molar-refractivity contribution >= 4 is 72.6 Å². The molecule has 2 fully saturated rings. The number of primary amides is 1. The van der Waals surface area contributed by atoms with Crippen LogP contribution in [0, 0.1) is 10.1 Å². The molecule has 5 rings (SSSR count). The normalized spacial score (nSPS) is 21.2. The minimum Gasteiger partial charge on any atom is -0.374 e. The number of amides is 3. The highest BCUT2D eigenvalue weighted by Gasteiger charge is 2.41. The molecule has 2 saturated heterocycles. The lowest BCUT2D eigenvalue weighted by molar-refractivity contribution is -0.384. The van der Waals surface area contributed by atoms with Crippen LogP contribution in [-0.2, 0) is 9.53 Å². The first-order valence-electron chi connectivity index (χ1n) is 14.3. The number of pyridine rings is 1. The number of carbonyl (C=O) groups is 3. The highest BCUT2D eigenvalue weighted by Crippen LogP contribution is 2.36. The summed E-state index contributed by atoms with van der Waals surface area (Å²) in [5.74, 6) is -1.28. The van der Waals surface area contributed by atoms with Crippen molar-refractivity contribution in [3.05, 3.63) is 73.2 Å². The lowest BCUT2D eigenvalue weighted by atomic mass is 10.1. The number of benzene rings is 1. The predicted molar refractivity (Wildman–Crippen MR) is 175 cm³/mol. The zero-order valence-corrected chi connectivity index (χ0v) is 28.3. The quantitative estimate of drug-likeness (QED) is 0.253. The molecule has 0 bridgehead atoms. The van der Waals surface area contributed by atoms with Crippen LogP contribution in [0.4, 0.5) is 23.0 Å². The zero-order chi connectivity index (χ0) is 33.3. The van der Waals surface area contributed by atoms with Gasteiger partial charge in [-0.25, -0.2) is 9.97 Å². The van der Waals surface area contributed by atoms with Crippen molar-refractivity contribution < 1.29 is 24.0 Å². The summed E-state index contributed by atoms with van der Waals surface area (Å²) < 4.78 is 6.81. The second-order valence-electron chi connectivity index (χ2n) is 11.2. The first-order chi connectivity index (χ1) is 21.8. The van der Waals surface area contributed by atoms with Gasteiger partial charge in [0.1, 0.15) is 11.7 Å². The SMILES string of the molecule is CC1CN(C(=O)c2cc(Br)cc([N+](=O)[O-])c2NC2CC(C(N)=O)N(C(=O)c3cncc(N(C)c4ncc(Br)cn4)c3)C2)CC(C)O1. The number of nitrogens with two attached hydrogens (primary N) is 1. The van der Waals surface area contributed by atoms with E-state index in [1.54, 1.807) is 41.5 Å². The van der Waals surface area contributed by atoms with E-state index in [9.17, 15) is 24.5 Å². The fourth-order valence-corrected chi connectivity index (χ4v) is 6.35. The van der Waals surface area contributed by atoms with Crippen LogP contribution in [0.2, 0.25) is 0 Å². The summed E-state index contributed by atoms with van der Waals surface area (Å²) in [7, 11) is 1.72. The Labute approximate surface area is 280 Å². The van der Waals surface area contributed by atoms with Crippen molar-refractivity contribution in [3.8, 4) is 0 Å². The van der Waals surface area contributed by atoms with E-state index in [2.05, 4.69) is 52.1 Å². The van der Waals surface area contributed by atoms with Crippen molar-refractivity contribution in [3.63, 3.8) is 0 Å². The fourth-order valence-electron chi connectivity index (χ4n) is 5.70. The second kappa shape index (κ2) is 13.6. The van der Waals surface area contributed by atoms with E-state index in [1.165, 1.54) is 23.2 Å². The molecule has 46 heavy (non-hydrogen) atoms. The van der Waals surface area contributed by atoms with Gasteiger partial charge < -0.3 is 30.5 Å². The van der Waals surface area contributed by atoms with Crippen LogP contribution in [0.1, 0.15) is 41.0 Å². The Morgan fingerprint density at radius 2 is 1.70 bits per heavy atom. The standard InChI is InChI=1S/C29H31Br2N9O6/c1-15-12-38(13-16(2)46-15)28(43)22-5-18(30)6-23(40(44)45)25(22)36-20-7-24(26(32)41)39(14-20)27(42)17-4-21(11-33-8-17)37(3)29-34-9-19(31)10-35-29/h4-6,8-11,15-16,20,24,36H,7,12-14H2,1-3H3,(H2,32,41). The van der Waals surface area contributed by atoms with Crippen molar-refractivity contribution in [2.24, 2.45) is 5.73 Å². The van der Waals surface area contributed by atoms with Crippen LogP contribution in [0.15, 0.2) is 51.9 Å². The lowest BCUT2D eigenvalue weighted by Gasteiger charge is -2.35. The molecule has 2 aliphatic heterocycles. The number of nitrogens with one attached hydrogen (secondary N) is 1. The summed E-state index contributed by atoms with van der Waals surface area (Å²) in [4.78, 5) is 69.0. The molecule has 2 aliphatic rings. The molecule has 0 radical (unpaired) electrons. The maximum atomic E-state index is 13.8. The smallest absolute Gasteiger partial charge is 0.294 e. The molecule has 0 spiro atoms. The van der Waals surface area contributed by atoms with Gasteiger partial charge in [0.2, 0.25) is 11.9 Å². The van der Waals surface area contributed by atoms with Crippen LogP contribution >= 0.6 is 31.9 Å². The lowest BCUT2D eigenvalue weighted by Crippen LogP contribution is -2.48. The van der Waals surface area contributed by atoms with Crippen LogP contribution in [0.25, 0.3) is 0 Å².